The number of nitrogens with zero attached hydrogens (tertiary/aromatic N) is 1. The van der Waals surface area contributed by atoms with Gasteiger partial charge in [0.15, 0.2) is 10.5 Å². The largest absolute Gasteiger partial charge is 0.301 e. The highest BCUT2D eigenvalue weighted by atomic mass is 32.1. The summed E-state index contributed by atoms with van der Waals surface area (Å²) in [5.74, 6) is -0.590. The molecule has 0 radical (unpaired) electrons. The molecule has 2 atom stereocenters. The van der Waals surface area contributed by atoms with Gasteiger partial charge in [0.1, 0.15) is 0 Å². The van der Waals surface area contributed by atoms with Gasteiger partial charge in [-0.1, -0.05) is 37.3 Å². The Labute approximate surface area is 110 Å². The second kappa shape index (κ2) is 3.62. The van der Waals surface area contributed by atoms with E-state index in [0.29, 0.717) is 6.54 Å². The summed E-state index contributed by atoms with van der Waals surface area (Å²) < 4.78 is 0. The fourth-order valence-corrected chi connectivity index (χ4v) is 3.17. The molecule has 2 bridgehead atoms. The summed E-state index contributed by atoms with van der Waals surface area (Å²) >= 11 is 5.03. The van der Waals surface area contributed by atoms with Gasteiger partial charge in [-0.05, 0) is 17.8 Å². The molecule has 4 nitrogen and oxygen atoms in total. The molecule has 2 saturated heterocycles. The van der Waals surface area contributed by atoms with Crippen molar-refractivity contribution in [3.8, 4) is 0 Å². The number of hydrogen-bond donors (Lipinski definition) is 1. The number of carbonyl (C=O) groups excluding carboxylic acids is 2. The van der Waals surface area contributed by atoms with Crippen LogP contribution in [0, 0.1) is 5.92 Å². The Morgan fingerprint density at radius 1 is 1.33 bits per heavy atom. The summed E-state index contributed by atoms with van der Waals surface area (Å²) in [6, 6.07) is 9.20. The molecule has 0 saturated carbocycles. The molecule has 2 fully saturated rings. The van der Waals surface area contributed by atoms with Crippen molar-refractivity contribution in [1.29, 1.82) is 0 Å². The SMILES string of the molecule is C[C@@H]1CN2C(=O)[C@@]1(c1ccccc1)C(=O)NC2=S. The molecule has 5 heteroatoms. The van der Waals surface area contributed by atoms with Gasteiger partial charge in [0, 0.05) is 12.5 Å². The van der Waals surface area contributed by atoms with Crippen LogP contribution in [-0.4, -0.2) is 28.4 Å². The summed E-state index contributed by atoms with van der Waals surface area (Å²) in [7, 11) is 0. The molecule has 92 valence electrons. The fraction of sp³-hybridized carbons (Fsp3) is 0.308. The summed E-state index contributed by atoms with van der Waals surface area (Å²) in [6.07, 6.45) is 0. The first-order chi connectivity index (χ1) is 8.58. The Kier molecular flexibility index (Phi) is 2.28. The van der Waals surface area contributed by atoms with Crippen LogP contribution >= 0.6 is 12.2 Å². The van der Waals surface area contributed by atoms with Gasteiger partial charge in [-0.15, -0.1) is 0 Å². The standard InChI is InChI=1S/C13H12N2O2S/c1-8-7-15-11(17)13(8,10(16)14-12(15)18)9-5-3-2-4-6-9/h2-6,8H,7H2,1H3,(H,14,16,18)/t8-,13+/m1/s1. The molecule has 0 aromatic heterocycles. The third-order valence-corrected chi connectivity index (χ3v) is 4.15. The van der Waals surface area contributed by atoms with Gasteiger partial charge in [-0.3, -0.25) is 14.5 Å². The van der Waals surface area contributed by atoms with Crippen LogP contribution in [0.15, 0.2) is 30.3 Å². The topological polar surface area (TPSA) is 49.4 Å². The molecule has 2 heterocycles. The number of amides is 2. The summed E-state index contributed by atoms with van der Waals surface area (Å²) in [6.45, 7) is 2.41. The van der Waals surface area contributed by atoms with Crippen molar-refractivity contribution in [2.24, 2.45) is 5.92 Å². The number of nitrogens with one attached hydrogen (secondary N) is 1. The lowest BCUT2D eigenvalue weighted by Crippen LogP contribution is -2.61. The molecule has 3 rings (SSSR count). The van der Waals surface area contributed by atoms with Crippen molar-refractivity contribution in [2.45, 2.75) is 12.3 Å². The monoisotopic (exact) mass is 260 g/mol. The van der Waals surface area contributed by atoms with Gasteiger partial charge in [0.25, 0.3) is 0 Å². The molecular weight excluding hydrogens is 248 g/mol. The van der Waals surface area contributed by atoms with Crippen molar-refractivity contribution in [1.82, 2.24) is 10.2 Å². The Bertz CT molecular complexity index is 557. The normalized spacial score (nSPS) is 30.6. The van der Waals surface area contributed by atoms with Crippen molar-refractivity contribution in [3.05, 3.63) is 35.9 Å². The first-order valence-electron chi connectivity index (χ1n) is 5.81. The van der Waals surface area contributed by atoms with E-state index in [4.69, 9.17) is 12.2 Å². The third-order valence-electron chi connectivity index (χ3n) is 3.83. The zero-order valence-electron chi connectivity index (χ0n) is 9.84. The molecule has 0 spiro atoms. The summed E-state index contributed by atoms with van der Waals surface area (Å²) in [4.78, 5) is 26.4. The van der Waals surface area contributed by atoms with Crippen LogP contribution < -0.4 is 5.32 Å². The molecule has 2 amide bonds. The summed E-state index contributed by atoms with van der Waals surface area (Å²) in [5, 5.41) is 2.86. The predicted molar refractivity (Wildman–Crippen MR) is 69.7 cm³/mol. The first-order valence-corrected chi connectivity index (χ1v) is 6.22. The number of rotatable bonds is 1. The maximum absolute atomic E-state index is 12.5. The highest BCUT2D eigenvalue weighted by molar-refractivity contribution is 7.80. The van der Waals surface area contributed by atoms with Crippen molar-refractivity contribution >= 4 is 29.1 Å². The van der Waals surface area contributed by atoms with E-state index in [2.05, 4.69) is 5.32 Å². The average Bonchev–Trinajstić information content (AvgIpc) is 2.57. The number of carbonyl (C=O) groups is 2. The van der Waals surface area contributed by atoms with E-state index >= 15 is 0 Å². The lowest BCUT2D eigenvalue weighted by Gasteiger charge is -2.34. The molecular formula is C13H12N2O2S. The van der Waals surface area contributed by atoms with E-state index in [0.717, 1.165) is 5.56 Å². The molecule has 1 aromatic carbocycles. The Morgan fingerprint density at radius 3 is 2.67 bits per heavy atom. The minimum absolute atomic E-state index is 0.0900. The maximum Gasteiger partial charge on any atom is 0.249 e. The first kappa shape index (κ1) is 11.3. The second-order valence-corrected chi connectivity index (χ2v) is 5.14. The van der Waals surface area contributed by atoms with E-state index in [1.807, 2.05) is 37.3 Å². The lowest BCUT2D eigenvalue weighted by atomic mass is 9.71. The summed E-state index contributed by atoms with van der Waals surface area (Å²) in [5.41, 5.74) is -0.367. The predicted octanol–water partition coefficient (Wildman–Crippen LogP) is 0.817. The molecule has 1 N–H and O–H groups in total. The Hall–Kier alpha value is -1.75. The molecule has 1 aromatic rings. The molecule has 2 aliphatic rings. The minimum Gasteiger partial charge on any atom is -0.301 e. The fourth-order valence-electron chi connectivity index (χ4n) is 2.92. The lowest BCUT2D eigenvalue weighted by molar-refractivity contribution is -0.140. The van der Waals surface area contributed by atoms with E-state index < -0.39 is 5.41 Å². The van der Waals surface area contributed by atoms with Crippen LogP contribution in [0.2, 0.25) is 0 Å². The highest BCUT2D eigenvalue weighted by Crippen LogP contribution is 2.42. The number of thiocarbonyl (C=S) groups is 1. The van der Waals surface area contributed by atoms with Gasteiger partial charge in [-0.2, -0.15) is 0 Å². The Morgan fingerprint density at radius 2 is 2.00 bits per heavy atom. The van der Waals surface area contributed by atoms with E-state index in [1.165, 1.54) is 4.90 Å². The third kappa shape index (κ3) is 1.17. The number of hydrogen-bond acceptors (Lipinski definition) is 3. The molecule has 18 heavy (non-hydrogen) atoms. The van der Waals surface area contributed by atoms with Gasteiger partial charge in [0.05, 0.1) is 0 Å². The van der Waals surface area contributed by atoms with Gasteiger partial charge in [-0.25, -0.2) is 0 Å². The molecule has 0 unspecified atom stereocenters. The van der Waals surface area contributed by atoms with Crippen LogP contribution in [0.25, 0.3) is 0 Å². The average molecular weight is 260 g/mol. The van der Waals surface area contributed by atoms with Crippen LogP contribution in [0.3, 0.4) is 0 Å². The molecule has 0 aliphatic carbocycles. The zero-order chi connectivity index (χ0) is 12.9. The van der Waals surface area contributed by atoms with Crippen LogP contribution in [-0.2, 0) is 15.0 Å². The van der Waals surface area contributed by atoms with E-state index in [-0.39, 0.29) is 22.8 Å². The van der Waals surface area contributed by atoms with Crippen LogP contribution in [0.5, 0.6) is 0 Å². The van der Waals surface area contributed by atoms with Gasteiger partial charge in [0.2, 0.25) is 11.8 Å². The van der Waals surface area contributed by atoms with E-state index in [1.54, 1.807) is 0 Å². The quantitative estimate of drug-likeness (QED) is 0.601. The maximum atomic E-state index is 12.5. The Balaban J connectivity index is 2.22. The van der Waals surface area contributed by atoms with Crippen LogP contribution in [0.1, 0.15) is 12.5 Å². The van der Waals surface area contributed by atoms with Crippen molar-refractivity contribution < 1.29 is 9.59 Å². The zero-order valence-corrected chi connectivity index (χ0v) is 10.7. The van der Waals surface area contributed by atoms with Crippen molar-refractivity contribution in [3.63, 3.8) is 0 Å². The van der Waals surface area contributed by atoms with Crippen LogP contribution in [0.4, 0.5) is 0 Å². The minimum atomic E-state index is -1.11. The second-order valence-electron chi connectivity index (χ2n) is 4.75. The highest BCUT2D eigenvalue weighted by Gasteiger charge is 2.62. The molecule has 2 aliphatic heterocycles. The van der Waals surface area contributed by atoms with E-state index in [9.17, 15) is 9.59 Å². The van der Waals surface area contributed by atoms with Gasteiger partial charge >= 0.3 is 0 Å². The number of fused-ring (bicyclic) bond motifs is 2. The number of benzene rings is 1. The van der Waals surface area contributed by atoms with Gasteiger partial charge < -0.3 is 5.32 Å². The van der Waals surface area contributed by atoms with Crippen molar-refractivity contribution in [2.75, 3.05) is 6.54 Å². The smallest absolute Gasteiger partial charge is 0.249 e.